The highest BCUT2D eigenvalue weighted by Gasteiger charge is 2.25. The van der Waals surface area contributed by atoms with Crippen LogP contribution in [0.5, 0.6) is 0 Å². The van der Waals surface area contributed by atoms with Crippen molar-refractivity contribution in [2.45, 2.75) is 31.8 Å². The molecule has 1 saturated heterocycles. The number of nitrogens with one attached hydrogen (secondary N) is 1. The van der Waals surface area contributed by atoms with Gasteiger partial charge in [-0.25, -0.2) is 9.67 Å². The van der Waals surface area contributed by atoms with Crippen molar-refractivity contribution in [3.05, 3.63) is 35.0 Å². The topological polar surface area (TPSA) is 63.1 Å². The van der Waals surface area contributed by atoms with E-state index in [-0.39, 0.29) is 18.0 Å². The second-order valence-corrected chi connectivity index (χ2v) is 6.55. The average Bonchev–Trinajstić information content (AvgIpc) is 3.27. The van der Waals surface area contributed by atoms with E-state index in [4.69, 9.17) is 0 Å². The molecule has 2 aromatic rings. The van der Waals surface area contributed by atoms with Crippen LogP contribution in [0.25, 0.3) is 0 Å². The van der Waals surface area contributed by atoms with Crippen molar-refractivity contribution in [2.24, 2.45) is 0 Å². The Morgan fingerprint density at radius 2 is 2.27 bits per heavy atom. The molecular weight excluding hydrogens is 298 g/mol. The van der Waals surface area contributed by atoms with Crippen molar-refractivity contribution in [3.8, 4) is 0 Å². The summed E-state index contributed by atoms with van der Waals surface area (Å²) in [7, 11) is 0. The van der Waals surface area contributed by atoms with Crippen LogP contribution in [0.4, 0.5) is 0 Å². The monoisotopic (exact) mass is 319 g/mol. The molecule has 3 rings (SSSR count). The Balaban J connectivity index is 1.62. The molecule has 0 aliphatic carbocycles. The molecule has 0 saturated carbocycles. The highest BCUT2D eigenvalue weighted by atomic mass is 32.1. The van der Waals surface area contributed by atoms with Gasteiger partial charge >= 0.3 is 0 Å². The van der Waals surface area contributed by atoms with E-state index in [2.05, 4.69) is 37.8 Å². The molecule has 0 spiro atoms. The Morgan fingerprint density at radius 3 is 2.91 bits per heavy atom. The lowest BCUT2D eigenvalue weighted by molar-refractivity contribution is -0.124. The first-order valence-electron chi connectivity index (χ1n) is 7.65. The highest BCUT2D eigenvalue weighted by Crippen LogP contribution is 2.27. The molecule has 1 aliphatic heterocycles. The van der Waals surface area contributed by atoms with Crippen LogP contribution in [0.1, 0.15) is 36.7 Å². The maximum absolute atomic E-state index is 12.3. The standard InChI is InChI=1S/C15H21N5OS/c1-12(20-11-16-10-18-20)15(21)17-9-13(14-5-4-8-22-14)19-6-2-3-7-19/h4-5,8,10-13H,2-3,6-7,9H2,1H3,(H,17,21). The van der Waals surface area contributed by atoms with Crippen LogP contribution in [-0.4, -0.2) is 45.2 Å². The molecule has 0 bridgehead atoms. The van der Waals surface area contributed by atoms with Crippen LogP contribution in [0.3, 0.4) is 0 Å². The molecule has 2 atom stereocenters. The van der Waals surface area contributed by atoms with E-state index in [0.717, 1.165) is 13.1 Å². The zero-order valence-electron chi connectivity index (χ0n) is 12.7. The summed E-state index contributed by atoms with van der Waals surface area (Å²) in [6.07, 6.45) is 5.50. The number of thiophene rings is 1. The second-order valence-electron chi connectivity index (χ2n) is 5.57. The summed E-state index contributed by atoms with van der Waals surface area (Å²) in [5.41, 5.74) is 0. The minimum absolute atomic E-state index is 0.0220. The molecule has 0 aromatic carbocycles. The summed E-state index contributed by atoms with van der Waals surface area (Å²) in [5.74, 6) is -0.0220. The van der Waals surface area contributed by atoms with Gasteiger partial charge in [0.25, 0.3) is 0 Å². The molecule has 22 heavy (non-hydrogen) atoms. The Hall–Kier alpha value is -1.73. The fraction of sp³-hybridized carbons (Fsp3) is 0.533. The molecule has 1 aliphatic rings. The average molecular weight is 319 g/mol. The molecule has 6 nitrogen and oxygen atoms in total. The van der Waals surface area contributed by atoms with Gasteiger partial charge in [-0.2, -0.15) is 5.10 Å². The lowest BCUT2D eigenvalue weighted by Crippen LogP contribution is -2.39. The molecule has 1 fully saturated rings. The van der Waals surface area contributed by atoms with E-state index >= 15 is 0 Å². The van der Waals surface area contributed by atoms with Crippen molar-refractivity contribution in [3.63, 3.8) is 0 Å². The van der Waals surface area contributed by atoms with Crippen LogP contribution < -0.4 is 5.32 Å². The second kappa shape index (κ2) is 7.02. The number of carbonyl (C=O) groups excluding carboxylic acids is 1. The lowest BCUT2D eigenvalue weighted by Gasteiger charge is -2.27. The van der Waals surface area contributed by atoms with Gasteiger partial charge in [-0.15, -0.1) is 11.3 Å². The van der Waals surface area contributed by atoms with E-state index in [1.165, 1.54) is 24.0 Å². The highest BCUT2D eigenvalue weighted by molar-refractivity contribution is 7.10. The van der Waals surface area contributed by atoms with Crippen molar-refractivity contribution < 1.29 is 4.79 Å². The third kappa shape index (κ3) is 3.36. The van der Waals surface area contributed by atoms with E-state index in [0.29, 0.717) is 6.54 Å². The maximum Gasteiger partial charge on any atom is 0.244 e. The van der Waals surface area contributed by atoms with Crippen molar-refractivity contribution in [1.29, 1.82) is 0 Å². The van der Waals surface area contributed by atoms with Gasteiger partial charge in [0.15, 0.2) is 0 Å². The number of rotatable bonds is 6. The van der Waals surface area contributed by atoms with Crippen LogP contribution >= 0.6 is 11.3 Å². The molecular formula is C15H21N5OS. The third-order valence-corrected chi connectivity index (χ3v) is 5.11. The number of aromatic nitrogens is 3. The first kappa shape index (κ1) is 15.2. The predicted molar refractivity (Wildman–Crippen MR) is 85.6 cm³/mol. The third-order valence-electron chi connectivity index (χ3n) is 4.14. The summed E-state index contributed by atoms with van der Waals surface area (Å²) in [6, 6.07) is 4.16. The number of hydrogen-bond acceptors (Lipinski definition) is 5. The molecule has 2 unspecified atom stereocenters. The number of hydrogen-bond donors (Lipinski definition) is 1. The van der Waals surface area contributed by atoms with Gasteiger partial charge in [-0.1, -0.05) is 6.07 Å². The maximum atomic E-state index is 12.3. The fourth-order valence-electron chi connectivity index (χ4n) is 2.83. The van der Waals surface area contributed by atoms with E-state index in [1.807, 2.05) is 6.92 Å². The lowest BCUT2D eigenvalue weighted by atomic mass is 10.2. The van der Waals surface area contributed by atoms with Gasteiger partial charge in [0.05, 0.1) is 6.04 Å². The Labute approximate surface area is 134 Å². The number of carbonyl (C=O) groups is 1. The SMILES string of the molecule is CC(C(=O)NCC(c1cccs1)N1CCCC1)n1cncn1. The van der Waals surface area contributed by atoms with Gasteiger partial charge in [0.2, 0.25) is 5.91 Å². The molecule has 2 aromatic heterocycles. The van der Waals surface area contributed by atoms with Crippen LogP contribution in [-0.2, 0) is 4.79 Å². The smallest absolute Gasteiger partial charge is 0.244 e. The Kier molecular flexibility index (Phi) is 4.84. The zero-order chi connectivity index (χ0) is 15.4. The molecule has 118 valence electrons. The van der Waals surface area contributed by atoms with Crippen LogP contribution in [0.15, 0.2) is 30.2 Å². The largest absolute Gasteiger partial charge is 0.352 e. The summed E-state index contributed by atoms with van der Waals surface area (Å²) in [5, 5.41) is 9.20. The molecule has 1 N–H and O–H groups in total. The zero-order valence-corrected chi connectivity index (χ0v) is 13.5. The van der Waals surface area contributed by atoms with Gasteiger partial charge < -0.3 is 5.32 Å². The number of nitrogens with zero attached hydrogens (tertiary/aromatic N) is 4. The van der Waals surface area contributed by atoms with E-state index in [9.17, 15) is 4.79 Å². The van der Waals surface area contributed by atoms with Crippen LogP contribution in [0, 0.1) is 0 Å². The molecule has 7 heteroatoms. The van der Waals surface area contributed by atoms with E-state index < -0.39 is 0 Å². The molecule has 1 amide bonds. The van der Waals surface area contributed by atoms with Crippen molar-refractivity contribution in [2.75, 3.05) is 19.6 Å². The first-order valence-corrected chi connectivity index (χ1v) is 8.53. The first-order chi connectivity index (χ1) is 10.8. The minimum atomic E-state index is -0.343. The van der Waals surface area contributed by atoms with Crippen LogP contribution in [0.2, 0.25) is 0 Å². The van der Waals surface area contributed by atoms with Gasteiger partial charge in [-0.3, -0.25) is 9.69 Å². The van der Waals surface area contributed by atoms with Gasteiger partial charge in [0.1, 0.15) is 18.7 Å². The normalized spacial score (nSPS) is 18.2. The fourth-order valence-corrected chi connectivity index (χ4v) is 3.69. The van der Waals surface area contributed by atoms with Crippen molar-refractivity contribution in [1.82, 2.24) is 25.0 Å². The number of likely N-dealkylation sites (tertiary alicyclic amines) is 1. The van der Waals surface area contributed by atoms with Gasteiger partial charge in [0, 0.05) is 11.4 Å². The molecule has 0 radical (unpaired) electrons. The summed E-state index contributed by atoms with van der Waals surface area (Å²) in [4.78, 5) is 20.0. The molecule has 3 heterocycles. The number of amides is 1. The summed E-state index contributed by atoms with van der Waals surface area (Å²) >= 11 is 1.76. The van der Waals surface area contributed by atoms with Gasteiger partial charge in [-0.05, 0) is 44.3 Å². The summed E-state index contributed by atoms with van der Waals surface area (Å²) < 4.78 is 1.57. The Morgan fingerprint density at radius 1 is 1.45 bits per heavy atom. The summed E-state index contributed by atoms with van der Waals surface area (Å²) in [6.45, 7) is 4.69. The Bertz CT molecular complexity index is 577. The van der Waals surface area contributed by atoms with Crippen molar-refractivity contribution >= 4 is 17.2 Å². The van der Waals surface area contributed by atoms with E-state index in [1.54, 1.807) is 22.3 Å². The predicted octanol–water partition coefficient (Wildman–Crippen LogP) is 1.85. The quantitative estimate of drug-likeness (QED) is 0.883. The minimum Gasteiger partial charge on any atom is -0.352 e.